The molecule has 5 heteroatoms. The molecule has 4 nitrogen and oxygen atoms in total. The summed E-state index contributed by atoms with van der Waals surface area (Å²) in [6.45, 7) is 11.3. The highest BCUT2D eigenvalue weighted by Crippen LogP contribution is 2.18. The highest BCUT2D eigenvalue weighted by Gasteiger charge is 2.30. The molecule has 0 fully saturated rings. The van der Waals surface area contributed by atoms with Crippen LogP contribution in [0, 0.1) is 0 Å². The molecule has 0 aliphatic rings. The van der Waals surface area contributed by atoms with E-state index in [4.69, 9.17) is 0 Å². The molecular formula is C24H54NO3Si+. The fraction of sp³-hybridized carbons (Fsp3) is 1.00. The van der Waals surface area contributed by atoms with Gasteiger partial charge in [-0.05, 0) is 25.7 Å². The molecule has 0 bridgehead atoms. The second kappa shape index (κ2) is 18.8. The van der Waals surface area contributed by atoms with Crippen LogP contribution in [0.3, 0.4) is 0 Å². The second-order valence-electron chi connectivity index (χ2n) is 9.36. The third-order valence-electron chi connectivity index (χ3n) is 6.28. The Morgan fingerprint density at radius 3 is 1.21 bits per heavy atom. The summed E-state index contributed by atoms with van der Waals surface area (Å²) in [5.41, 5.74) is 0. The van der Waals surface area contributed by atoms with Crippen LogP contribution < -0.4 is 0 Å². The molecule has 0 amide bonds. The first-order valence-corrected chi connectivity index (χ1v) is 15.0. The number of hydrogen-bond donors (Lipinski definition) is 3. The molecular weight excluding hydrogens is 378 g/mol. The van der Waals surface area contributed by atoms with E-state index in [1.807, 2.05) is 0 Å². The molecule has 0 aromatic carbocycles. The van der Waals surface area contributed by atoms with Gasteiger partial charge < -0.3 is 18.9 Å². The molecule has 176 valence electrons. The molecule has 0 aromatic heterocycles. The van der Waals surface area contributed by atoms with Crippen LogP contribution in [0.4, 0.5) is 0 Å². The minimum Gasteiger partial charge on any atom is -0.390 e. The van der Waals surface area contributed by atoms with Crippen molar-refractivity contribution in [3.63, 3.8) is 0 Å². The van der Waals surface area contributed by atoms with Crippen LogP contribution in [0.5, 0.6) is 0 Å². The quantitative estimate of drug-likeness (QED) is 0.111. The number of rotatable bonds is 22. The van der Waals surface area contributed by atoms with Crippen molar-refractivity contribution in [1.29, 1.82) is 0 Å². The fourth-order valence-electron chi connectivity index (χ4n) is 4.74. The van der Waals surface area contributed by atoms with Gasteiger partial charge in [-0.3, -0.25) is 0 Å². The minimum atomic E-state index is -3.88. The first kappa shape index (κ1) is 29.1. The third kappa shape index (κ3) is 18.5. The molecule has 0 radical (unpaired) electrons. The Kier molecular flexibility index (Phi) is 18.8. The maximum absolute atomic E-state index is 9.32. The molecule has 3 N–H and O–H groups in total. The zero-order valence-corrected chi connectivity index (χ0v) is 21.1. The van der Waals surface area contributed by atoms with Crippen LogP contribution in [0.1, 0.15) is 124 Å². The van der Waals surface area contributed by atoms with Gasteiger partial charge in [-0.25, -0.2) is 0 Å². The molecule has 0 atom stereocenters. The lowest BCUT2D eigenvalue weighted by Crippen LogP contribution is -2.51. The molecule has 0 aromatic rings. The molecule has 29 heavy (non-hydrogen) atoms. The van der Waals surface area contributed by atoms with E-state index < -0.39 is 8.80 Å². The lowest BCUT2D eigenvalue weighted by atomic mass is 10.0. The summed E-state index contributed by atoms with van der Waals surface area (Å²) in [6.07, 6.45) is 21.1. The summed E-state index contributed by atoms with van der Waals surface area (Å²) < 4.78 is 1.09. The van der Waals surface area contributed by atoms with Gasteiger partial charge in [-0.2, -0.15) is 0 Å². The Hall–Kier alpha value is 0.0569. The Balaban J connectivity index is 3.89. The van der Waals surface area contributed by atoms with E-state index in [1.165, 1.54) is 116 Å². The Morgan fingerprint density at radius 2 is 0.828 bits per heavy atom. The molecule has 0 heterocycles. The number of unbranched alkanes of at least 4 members (excludes halogenated alkanes) is 12. The predicted molar refractivity (Wildman–Crippen MR) is 128 cm³/mol. The van der Waals surface area contributed by atoms with E-state index in [2.05, 4.69) is 20.8 Å². The summed E-state index contributed by atoms with van der Waals surface area (Å²) in [4.78, 5) is 27.9. The van der Waals surface area contributed by atoms with Gasteiger partial charge in [0.2, 0.25) is 0 Å². The van der Waals surface area contributed by atoms with Crippen LogP contribution in [-0.2, 0) is 0 Å². The van der Waals surface area contributed by atoms with E-state index in [0.29, 0.717) is 6.42 Å². The summed E-state index contributed by atoms with van der Waals surface area (Å²) in [5.74, 6) is 0. The highest BCUT2D eigenvalue weighted by molar-refractivity contribution is 6.56. The first-order chi connectivity index (χ1) is 13.9. The first-order valence-electron chi connectivity index (χ1n) is 12.9. The second-order valence-corrected chi connectivity index (χ2v) is 11.4. The number of hydrogen-bond acceptors (Lipinski definition) is 3. The molecule has 0 aliphatic carbocycles. The third-order valence-corrected chi connectivity index (χ3v) is 7.30. The van der Waals surface area contributed by atoms with Gasteiger partial charge in [0.15, 0.2) is 0 Å². The SMILES string of the molecule is CCCCCCCCCCCCCCC[N+](CCC)(CCC)CCC[Si](O)(O)O. The Morgan fingerprint density at radius 1 is 0.448 bits per heavy atom. The molecule has 0 aliphatic heterocycles. The van der Waals surface area contributed by atoms with E-state index in [-0.39, 0.29) is 6.04 Å². The maximum atomic E-state index is 9.32. The Bertz CT molecular complexity index is 342. The Labute approximate surface area is 183 Å². The van der Waals surface area contributed by atoms with Crippen molar-refractivity contribution in [3.05, 3.63) is 0 Å². The largest absolute Gasteiger partial charge is 0.492 e. The lowest BCUT2D eigenvalue weighted by Gasteiger charge is -2.39. The van der Waals surface area contributed by atoms with Crippen molar-refractivity contribution in [1.82, 2.24) is 0 Å². The monoisotopic (exact) mass is 432 g/mol. The van der Waals surface area contributed by atoms with Crippen LogP contribution >= 0.6 is 0 Å². The van der Waals surface area contributed by atoms with Crippen molar-refractivity contribution >= 4 is 8.80 Å². The van der Waals surface area contributed by atoms with Gasteiger partial charge >= 0.3 is 8.80 Å². The topological polar surface area (TPSA) is 60.7 Å². The highest BCUT2D eigenvalue weighted by atomic mass is 28.4. The molecule has 0 saturated heterocycles. The average Bonchev–Trinajstić information content (AvgIpc) is 2.65. The van der Waals surface area contributed by atoms with Crippen molar-refractivity contribution in [2.75, 3.05) is 26.2 Å². The summed E-state index contributed by atoms with van der Waals surface area (Å²) in [5, 5.41) is 0. The van der Waals surface area contributed by atoms with Crippen molar-refractivity contribution in [2.24, 2.45) is 0 Å². The minimum absolute atomic E-state index is 0.180. The van der Waals surface area contributed by atoms with Crippen molar-refractivity contribution in [3.8, 4) is 0 Å². The van der Waals surface area contributed by atoms with E-state index in [0.717, 1.165) is 11.0 Å². The lowest BCUT2D eigenvalue weighted by molar-refractivity contribution is -0.928. The molecule has 0 spiro atoms. The number of quaternary nitrogens is 1. The maximum Gasteiger partial charge on any atom is 0.492 e. The van der Waals surface area contributed by atoms with Gasteiger partial charge in [-0.1, -0.05) is 91.4 Å². The summed E-state index contributed by atoms with van der Waals surface area (Å²) in [6, 6.07) is 0.180. The number of nitrogens with zero attached hydrogens (tertiary/aromatic N) is 1. The average molecular weight is 433 g/mol. The van der Waals surface area contributed by atoms with E-state index in [1.54, 1.807) is 0 Å². The fourth-order valence-corrected chi connectivity index (χ4v) is 5.37. The van der Waals surface area contributed by atoms with E-state index in [9.17, 15) is 14.4 Å². The van der Waals surface area contributed by atoms with Crippen LogP contribution in [-0.4, -0.2) is 53.9 Å². The molecule has 0 saturated carbocycles. The van der Waals surface area contributed by atoms with Crippen molar-refractivity contribution in [2.45, 2.75) is 130 Å². The zero-order chi connectivity index (χ0) is 21.8. The normalized spacial score (nSPS) is 12.6. The van der Waals surface area contributed by atoms with Gasteiger partial charge in [-0.15, -0.1) is 0 Å². The smallest absolute Gasteiger partial charge is 0.390 e. The van der Waals surface area contributed by atoms with Crippen LogP contribution in [0.25, 0.3) is 0 Å². The molecule has 0 rings (SSSR count). The van der Waals surface area contributed by atoms with Gasteiger partial charge in [0, 0.05) is 12.5 Å². The summed E-state index contributed by atoms with van der Waals surface area (Å²) >= 11 is 0. The van der Waals surface area contributed by atoms with Crippen molar-refractivity contribution < 1.29 is 18.9 Å². The van der Waals surface area contributed by atoms with E-state index >= 15 is 0 Å². The molecule has 0 unspecified atom stereocenters. The van der Waals surface area contributed by atoms with Gasteiger partial charge in [0.05, 0.1) is 26.2 Å². The predicted octanol–water partition coefficient (Wildman–Crippen LogP) is 6.02. The zero-order valence-electron chi connectivity index (χ0n) is 20.1. The summed E-state index contributed by atoms with van der Waals surface area (Å²) in [7, 11) is -3.88. The van der Waals surface area contributed by atoms with Gasteiger partial charge in [0.25, 0.3) is 0 Å². The van der Waals surface area contributed by atoms with Crippen LogP contribution in [0.15, 0.2) is 0 Å². The standard InChI is InChI=1S/C24H54NO3Si/c1-4-7-8-9-10-11-12-13-14-15-16-17-18-22-25(20-5-2,21-6-3)23-19-24-29(26,27)28/h26-28H,4-24H2,1-3H3/q+1. The van der Waals surface area contributed by atoms with Gasteiger partial charge in [0.1, 0.15) is 0 Å². The van der Waals surface area contributed by atoms with Crippen LogP contribution in [0.2, 0.25) is 6.04 Å².